The van der Waals surface area contributed by atoms with E-state index in [-0.39, 0.29) is 11.5 Å². The molecular weight excluding hydrogens is 400 g/mol. The van der Waals surface area contributed by atoms with E-state index in [4.69, 9.17) is 28.4 Å². The highest BCUT2D eigenvalue weighted by Crippen LogP contribution is 2.55. The van der Waals surface area contributed by atoms with Gasteiger partial charge in [-0.05, 0) is 23.3 Å². The van der Waals surface area contributed by atoms with E-state index in [0.29, 0.717) is 56.8 Å². The average Bonchev–Trinajstić information content (AvgIpc) is 2.82. The molecule has 29 heavy (non-hydrogen) atoms. The van der Waals surface area contributed by atoms with Crippen molar-refractivity contribution in [1.82, 2.24) is 0 Å². The first-order valence-corrected chi connectivity index (χ1v) is 10.5. The summed E-state index contributed by atoms with van der Waals surface area (Å²) < 4.78 is 58.9. The third kappa shape index (κ3) is 3.39. The van der Waals surface area contributed by atoms with Crippen molar-refractivity contribution in [3.8, 4) is 45.6 Å². The smallest absolute Gasteiger partial charge is 0.203 e. The zero-order chi connectivity index (χ0) is 21.3. The highest BCUT2D eigenvalue weighted by atomic mass is 32.2. The summed E-state index contributed by atoms with van der Waals surface area (Å²) >= 11 is 0. The second kappa shape index (κ2) is 7.90. The van der Waals surface area contributed by atoms with Crippen LogP contribution in [0.3, 0.4) is 0 Å². The van der Waals surface area contributed by atoms with E-state index in [9.17, 15) is 8.42 Å². The third-order valence-corrected chi connectivity index (χ3v) is 6.33. The lowest BCUT2D eigenvalue weighted by molar-refractivity contribution is 0.322. The molecule has 0 amide bonds. The Morgan fingerprint density at radius 2 is 0.931 bits per heavy atom. The molecule has 1 heterocycles. The predicted molar refractivity (Wildman–Crippen MR) is 108 cm³/mol. The lowest BCUT2D eigenvalue weighted by Gasteiger charge is -2.22. The minimum Gasteiger partial charge on any atom is -0.493 e. The van der Waals surface area contributed by atoms with Gasteiger partial charge in [0.2, 0.25) is 11.5 Å². The summed E-state index contributed by atoms with van der Waals surface area (Å²) in [7, 11) is 5.44. The van der Waals surface area contributed by atoms with Crippen LogP contribution < -0.4 is 28.4 Å². The van der Waals surface area contributed by atoms with Crippen LogP contribution in [0.2, 0.25) is 0 Å². The fraction of sp³-hybridized carbons (Fsp3) is 0.400. The Morgan fingerprint density at radius 1 is 0.586 bits per heavy atom. The van der Waals surface area contributed by atoms with Gasteiger partial charge >= 0.3 is 0 Å². The standard InChI is InChI=1S/C20H24O8S/c1-23-13-7-11-9-29(21,22)10-12-8-14(24-2)18(26-4)20(28-6)16(12)15(11)19(27-5)17(13)25-3/h7-8H,9-10H2,1-6H3. The molecule has 2 aromatic rings. The Labute approximate surface area is 170 Å². The van der Waals surface area contributed by atoms with E-state index in [0.717, 1.165) is 0 Å². The molecule has 3 rings (SSSR count). The highest BCUT2D eigenvalue weighted by Gasteiger charge is 2.34. The van der Waals surface area contributed by atoms with Crippen LogP contribution >= 0.6 is 0 Å². The van der Waals surface area contributed by atoms with E-state index in [1.165, 1.54) is 42.7 Å². The SMILES string of the molecule is COc1cc2c(c(OC)c1OC)-c1c(cc(OC)c(OC)c1OC)CS(=O)(=O)C2. The van der Waals surface area contributed by atoms with Crippen molar-refractivity contribution >= 4 is 9.84 Å². The van der Waals surface area contributed by atoms with Crippen molar-refractivity contribution < 1.29 is 36.8 Å². The van der Waals surface area contributed by atoms with Gasteiger partial charge in [0.05, 0.1) is 54.2 Å². The quantitative estimate of drug-likeness (QED) is 0.699. The molecule has 1 aliphatic rings. The molecule has 0 fully saturated rings. The number of ether oxygens (including phenoxy) is 6. The van der Waals surface area contributed by atoms with Crippen LogP contribution in [0, 0.1) is 0 Å². The van der Waals surface area contributed by atoms with Crippen molar-refractivity contribution in [2.24, 2.45) is 0 Å². The zero-order valence-electron chi connectivity index (χ0n) is 17.2. The Hall–Kier alpha value is -2.81. The molecule has 0 N–H and O–H groups in total. The van der Waals surface area contributed by atoms with E-state index in [1.54, 1.807) is 12.1 Å². The number of hydrogen-bond donors (Lipinski definition) is 0. The molecule has 1 aliphatic heterocycles. The molecular formula is C20H24O8S. The topological polar surface area (TPSA) is 89.5 Å². The van der Waals surface area contributed by atoms with Crippen molar-refractivity contribution in [3.05, 3.63) is 23.3 Å². The molecule has 0 radical (unpaired) electrons. The lowest BCUT2D eigenvalue weighted by atomic mass is 9.93. The number of benzene rings is 2. The average molecular weight is 424 g/mol. The first kappa shape index (κ1) is 20.9. The molecule has 0 aromatic heterocycles. The molecule has 158 valence electrons. The largest absolute Gasteiger partial charge is 0.493 e. The van der Waals surface area contributed by atoms with Crippen LogP contribution in [0.5, 0.6) is 34.5 Å². The monoisotopic (exact) mass is 424 g/mol. The Morgan fingerprint density at radius 3 is 1.21 bits per heavy atom. The molecule has 8 nitrogen and oxygen atoms in total. The van der Waals surface area contributed by atoms with Crippen LogP contribution in [0.4, 0.5) is 0 Å². The second-order valence-electron chi connectivity index (χ2n) is 6.39. The number of rotatable bonds is 6. The van der Waals surface area contributed by atoms with Crippen LogP contribution in [0.1, 0.15) is 11.1 Å². The molecule has 0 atom stereocenters. The van der Waals surface area contributed by atoms with Crippen molar-refractivity contribution in [3.63, 3.8) is 0 Å². The molecule has 0 bridgehead atoms. The third-order valence-electron chi connectivity index (χ3n) is 4.82. The molecule has 0 spiro atoms. The lowest BCUT2D eigenvalue weighted by Crippen LogP contribution is -2.06. The highest BCUT2D eigenvalue weighted by molar-refractivity contribution is 7.89. The molecule has 0 saturated heterocycles. The van der Waals surface area contributed by atoms with E-state index >= 15 is 0 Å². The Kier molecular flexibility index (Phi) is 5.70. The molecule has 0 saturated carbocycles. The van der Waals surface area contributed by atoms with Crippen molar-refractivity contribution in [2.75, 3.05) is 42.7 Å². The van der Waals surface area contributed by atoms with Gasteiger partial charge in [0.15, 0.2) is 32.8 Å². The number of sulfone groups is 1. The van der Waals surface area contributed by atoms with Crippen molar-refractivity contribution in [1.29, 1.82) is 0 Å². The molecule has 0 unspecified atom stereocenters. The predicted octanol–water partition coefficient (Wildman–Crippen LogP) is 2.83. The fourth-order valence-corrected chi connectivity index (χ4v) is 5.22. The first-order valence-electron chi connectivity index (χ1n) is 8.70. The summed E-state index contributed by atoms with van der Waals surface area (Å²) in [6, 6.07) is 3.30. The number of hydrogen-bond acceptors (Lipinski definition) is 8. The van der Waals surface area contributed by atoms with Gasteiger partial charge in [0.1, 0.15) is 0 Å². The van der Waals surface area contributed by atoms with Gasteiger partial charge in [0.25, 0.3) is 0 Å². The molecule has 9 heteroatoms. The Balaban J connectivity index is 2.56. The number of methoxy groups -OCH3 is 6. The summed E-state index contributed by atoms with van der Waals surface area (Å²) in [5, 5.41) is 0. The van der Waals surface area contributed by atoms with Gasteiger partial charge in [-0.2, -0.15) is 0 Å². The number of fused-ring (bicyclic) bond motifs is 3. The maximum absolute atomic E-state index is 12.9. The van der Waals surface area contributed by atoms with Crippen molar-refractivity contribution in [2.45, 2.75) is 11.5 Å². The normalized spacial score (nSPS) is 14.1. The van der Waals surface area contributed by atoms with Gasteiger partial charge in [0, 0.05) is 11.1 Å². The molecule has 0 aliphatic carbocycles. The summed E-state index contributed by atoms with van der Waals surface area (Å²) in [5.74, 6) is 1.79. The second-order valence-corrected chi connectivity index (χ2v) is 8.46. The van der Waals surface area contributed by atoms with Gasteiger partial charge < -0.3 is 28.4 Å². The van der Waals surface area contributed by atoms with Gasteiger partial charge in [-0.3, -0.25) is 0 Å². The maximum atomic E-state index is 12.9. The van der Waals surface area contributed by atoms with E-state index in [2.05, 4.69) is 0 Å². The van der Waals surface area contributed by atoms with Gasteiger partial charge in [-0.15, -0.1) is 0 Å². The Bertz CT molecular complexity index is 966. The van der Waals surface area contributed by atoms with Crippen LogP contribution in [-0.4, -0.2) is 51.1 Å². The molecule has 2 aromatic carbocycles. The summed E-state index contributed by atoms with van der Waals surface area (Å²) in [5.41, 5.74) is 2.14. The van der Waals surface area contributed by atoms with Crippen LogP contribution in [0.15, 0.2) is 12.1 Å². The van der Waals surface area contributed by atoms with E-state index in [1.807, 2.05) is 0 Å². The van der Waals surface area contributed by atoms with Crippen LogP contribution in [0.25, 0.3) is 11.1 Å². The van der Waals surface area contributed by atoms with Gasteiger partial charge in [-0.25, -0.2) is 8.42 Å². The minimum atomic E-state index is -3.49. The summed E-state index contributed by atoms with van der Waals surface area (Å²) in [6.45, 7) is 0. The first-order chi connectivity index (χ1) is 13.8. The zero-order valence-corrected chi connectivity index (χ0v) is 18.1. The summed E-state index contributed by atoms with van der Waals surface area (Å²) in [6.07, 6.45) is 0. The minimum absolute atomic E-state index is 0.193. The van der Waals surface area contributed by atoms with Crippen LogP contribution in [-0.2, 0) is 21.3 Å². The maximum Gasteiger partial charge on any atom is 0.203 e. The summed E-state index contributed by atoms with van der Waals surface area (Å²) in [4.78, 5) is 0. The van der Waals surface area contributed by atoms with E-state index < -0.39 is 9.84 Å². The van der Waals surface area contributed by atoms with Gasteiger partial charge in [-0.1, -0.05) is 0 Å². The fourth-order valence-electron chi connectivity index (χ4n) is 3.71.